The van der Waals surface area contributed by atoms with Gasteiger partial charge in [-0.05, 0) is 37.1 Å². The van der Waals surface area contributed by atoms with E-state index in [1.807, 2.05) is 0 Å². The first-order valence-corrected chi connectivity index (χ1v) is 7.87. The lowest BCUT2D eigenvalue weighted by Crippen LogP contribution is -2.36. The van der Waals surface area contributed by atoms with E-state index < -0.39 is 0 Å². The second-order valence-corrected chi connectivity index (χ2v) is 5.72. The normalized spacial score (nSPS) is 15.1. The van der Waals surface area contributed by atoms with E-state index in [2.05, 4.69) is 15.3 Å². The molecule has 0 saturated heterocycles. The summed E-state index contributed by atoms with van der Waals surface area (Å²) in [6.45, 7) is 0. The van der Waals surface area contributed by atoms with Crippen LogP contribution in [0.15, 0.2) is 36.7 Å². The molecule has 1 aliphatic rings. The van der Waals surface area contributed by atoms with Gasteiger partial charge in [0.15, 0.2) is 0 Å². The number of ether oxygens (including phenoxy) is 1. The van der Waals surface area contributed by atoms with Crippen LogP contribution < -0.4 is 15.8 Å². The fraction of sp³-hybridized carbons (Fsp3) is 0.353. The van der Waals surface area contributed by atoms with Crippen molar-refractivity contribution < 1.29 is 9.53 Å². The van der Waals surface area contributed by atoms with Gasteiger partial charge in [0, 0.05) is 11.7 Å². The number of hydrogen-bond donors (Lipinski definition) is 2. The summed E-state index contributed by atoms with van der Waals surface area (Å²) in [5.41, 5.74) is 6.59. The maximum Gasteiger partial charge on any atom is 0.271 e. The van der Waals surface area contributed by atoms with Gasteiger partial charge in [-0.2, -0.15) is 0 Å². The highest BCUT2D eigenvalue weighted by atomic mass is 16.5. The monoisotopic (exact) mass is 312 g/mol. The number of aromatic nitrogens is 2. The summed E-state index contributed by atoms with van der Waals surface area (Å²) < 4.78 is 5.56. The van der Waals surface area contributed by atoms with Crippen LogP contribution in [0.1, 0.15) is 42.6 Å². The standard InChI is InChI=1S/C17H20N4O2/c18-12-6-8-14(9-7-12)23-16-11-19-15(10-20-16)17(22)21-13-4-2-1-3-5-13/h6-11,13H,1-5,18H2,(H,21,22). The molecular formula is C17H20N4O2. The number of nitrogen functional groups attached to an aromatic ring is 1. The Labute approximate surface area is 135 Å². The maximum atomic E-state index is 12.2. The fourth-order valence-electron chi connectivity index (χ4n) is 2.65. The smallest absolute Gasteiger partial charge is 0.271 e. The molecule has 3 N–H and O–H groups in total. The number of rotatable bonds is 4. The first-order chi connectivity index (χ1) is 11.2. The van der Waals surface area contributed by atoms with E-state index in [4.69, 9.17) is 10.5 Å². The number of carbonyl (C=O) groups excluding carboxylic acids is 1. The molecule has 0 aliphatic heterocycles. The minimum atomic E-state index is -0.177. The lowest BCUT2D eigenvalue weighted by molar-refractivity contribution is 0.0922. The van der Waals surface area contributed by atoms with Crippen LogP contribution in [-0.2, 0) is 0 Å². The van der Waals surface area contributed by atoms with Crippen LogP contribution in [0.25, 0.3) is 0 Å². The Kier molecular flexibility index (Phi) is 4.71. The third-order valence-corrected chi connectivity index (χ3v) is 3.90. The molecule has 1 aromatic carbocycles. The summed E-state index contributed by atoms with van der Waals surface area (Å²) in [6, 6.07) is 7.24. The molecule has 0 spiro atoms. The zero-order valence-corrected chi connectivity index (χ0v) is 12.9. The Morgan fingerprint density at radius 2 is 1.83 bits per heavy atom. The molecule has 23 heavy (non-hydrogen) atoms. The van der Waals surface area contributed by atoms with E-state index in [0.29, 0.717) is 23.0 Å². The summed E-state index contributed by atoms with van der Waals surface area (Å²) in [6.07, 6.45) is 8.56. The van der Waals surface area contributed by atoms with Crippen molar-refractivity contribution in [1.29, 1.82) is 0 Å². The van der Waals surface area contributed by atoms with Gasteiger partial charge in [-0.1, -0.05) is 19.3 Å². The van der Waals surface area contributed by atoms with E-state index in [0.717, 1.165) is 12.8 Å². The summed E-state index contributed by atoms with van der Waals surface area (Å²) >= 11 is 0. The second kappa shape index (κ2) is 7.09. The van der Waals surface area contributed by atoms with Gasteiger partial charge in [0.25, 0.3) is 5.91 Å². The average Bonchev–Trinajstić information content (AvgIpc) is 2.58. The number of amides is 1. The van der Waals surface area contributed by atoms with Gasteiger partial charge < -0.3 is 15.8 Å². The number of benzene rings is 1. The zero-order chi connectivity index (χ0) is 16.1. The Balaban J connectivity index is 1.59. The van der Waals surface area contributed by atoms with Gasteiger partial charge in [0.1, 0.15) is 11.4 Å². The first kappa shape index (κ1) is 15.3. The highest BCUT2D eigenvalue weighted by Gasteiger charge is 2.17. The van der Waals surface area contributed by atoms with Gasteiger partial charge in [0.2, 0.25) is 5.88 Å². The fourth-order valence-corrected chi connectivity index (χ4v) is 2.65. The van der Waals surface area contributed by atoms with Crippen molar-refractivity contribution in [2.24, 2.45) is 0 Å². The topological polar surface area (TPSA) is 90.1 Å². The maximum absolute atomic E-state index is 12.2. The largest absolute Gasteiger partial charge is 0.438 e. The Bertz CT molecular complexity index is 649. The van der Waals surface area contributed by atoms with Crippen molar-refractivity contribution in [1.82, 2.24) is 15.3 Å². The van der Waals surface area contributed by atoms with E-state index in [-0.39, 0.29) is 11.9 Å². The van der Waals surface area contributed by atoms with Gasteiger partial charge >= 0.3 is 0 Å². The van der Waals surface area contributed by atoms with Gasteiger partial charge in [-0.25, -0.2) is 9.97 Å². The quantitative estimate of drug-likeness (QED) is 0.847. The molecule has 6 nitrogen and oxygen atoms in total. The molecule has 1 saturated carbocycles. The lowest BCUT2D eigenvalue weighted by Gasteiger charge is -2.22. The third kappa shape index (κ3) is 4.18. The molecular weight excluding hydrogens is 292 g/mol. The lowest BCUT2D eigenvalue weighted by atomic mass is 9.95. The van der Waals surface area contributed by atoms with E-state index in [9.17, 15) is 4.79 Å². The van der Waals surface area contributed by atoms with Crippen LogP contribution in [0.4, 0.5) is 5.69 Å². The van der Waals surface area contributed by atoms with Gasteiger partial charge in [-0.3, -0.25) is 4.79 Å². The first-order valence-electron chi connectivity index (χ1n) is 7.87. The summed E-state index contributed by atoms with van der Waals surface area (Å²) in [4.78, 5) is 20.4. The zero-order valence-electron chi connectivity index (χ0n) is 12.9. The van der Waals surface area contributed by atoms with Crippen molar-refractivity contribution in [3.05, 3.63) is 42.4 Å². The van der Waals surface area contributed by atoms with Crippen molar-refractivity contribution >= 4 is 11.6 Å². The number of carbonyl (C=O) groups is 1. The third-order valence-electron chi connectivity index (χ3n) is 3.90. The molecule has 1 heterocycles. The molecule has 3 rings (SSSR count). The minimum absolute atomic E-state index is 0.177. The average molecular weight is 312 g/mol. The highest BCUT2D eigenvalue weighted by molar-refractivity contribution is 5.92. The van der Waals surface area contributed by atoms with Crippen molar-refractivity contribution in [3.8, 4) is 11.6 Å². The molecule has 6 heteroatoms. The Morgan fingerprint density at radius 1 is 1.09 bits per heavy atom. The number of anilines is 1. The van der Waals surface area contributed by atoms with Crippen LogP contribution in [0.5, 0.6) is 11.6 Å². The van der Waals surface area contributed by atoms with Crippen LogP contribution in [0, 0.1) is 0 Å². The van der Waals surface area contributed by atoms with E-state index in [1.54, 1.807) is 24.3 Å². The van der Waals surface area contributed by atoms with Crippen LogP contribution >= 0.6 is 0 Å². The van der Waals surface area contributed by atoms with Crippen LogP contribution in [0.2, 0.25) is 0 Å². The SMILES string of the molecule is Nc1ccc(Oc2cnc(C(=O)NC3CCCCC3)cn2)cc1. The number of nitrogens with two attached hydrogens (primary N) is 1. The van der Waals surface area contributed by atoms with Gasteiger partial charge in [-0.15, -0.1) is 0 Å². The summed E-state index contributed by atoms with van der Waals surface area (Å²) in [7, 11) is 0. The number of nitrogens with zero attached hydrogens (tertiary/aromatic N) is 2. The van der Waals surface area contributed by atoms with E-state index >= 15 is 0 Å². The molecule has 1 amide bonds. The molecule has 1 aromatic heterocycles. The Hall–Kier alpha value is -2.63. The molecule has 0 bridgehead atoms. The molecule has 1 aliphatic carbocycles. The summed E-state index contributed by atoms with van der Waals surface area (Å²) in [5.74, 6) is 0.778. The predicted molar refractivity (Wildman–Crippen MR) is 87.3 cm³/mol. The number of nitrogens with one attached hydrogen (secondary N) is 1. The van der Waals surface area contributed by atoms with Crippen molar-refractivity contribution in [2.75, 3.05) is 5.73 Å². The molecule has 0 unspecified atom stereocenters. The molecule has 0 radical (unpaired) electrons. The molecule has 2 aromatic rings. The number of hydrogen-bond acceptors (Lipinski definition) is 5. The van der Waals surface area contributed by atoms with Crippen LogP contribution in [-0.4, -0.2) is 21.9 Å². The molecule has 1 fully saturated rings. The molecule has 0 atom stereocenters. The second-order valence-electron chi connectivity index (χ2n) is 5.72. The van der Waals surface area contributed by atoms with Crippen LogP contribution in [0.3, 0.4) is 0 Å². The summed E-state index contributed by atoms with van der Waals surface area (Å²) in [5, 5.41) is 3.01. The Morgan fingerprint density at radius 3 is 2.48 bits per heavy atom. The predicted octanol–water partition coefficient (Wildman–Crippen LogP) is 2.91. The van der Waals surface area contributed by atoms with E-state index in [1.165, 1.54) is 31.7 Å². The molecule has 120 valence electrons. The van der Waals surface area contributed by atoms with Crippen molar-refractivity contribution in [2.45, 2.75) is 38.1 Å². The van der Waals surface area contributed by atoms with Gasteiger partial charge in [0.05, 0.1) is 12.4 Å². The highest BCUT2D eigenvalue weighted by Crippen LogP contribution is 2.20. The minimum Gasteiger partial charge on any atom is -0.438 e. The van der Waals surface area contributed by atoms with Crippen molar-refractivity contribution in [3.63, 3.8) is 0 Å².